The molecule has 1 fully saturated rings. The number of nitrogens with two attached hydrogens (primary N) is 1. The Hall–Kier alpha value is -4.71. The number of anilines is 1. The number of aromatic nitrogens is 1. The number of hydrogen-bond donors (Lipinski definition) is 2. The van der Waals surface area contributed by atoms with E-state index in [1.54, 1.807) is 24.3 Å². The molecule has 0 unspecified atom stereocenters. The molecule has 0 saturated carbocycles. The van der Waals surface area contributed by atoms with Gasteiger partial charge >= 0.3 is 5.97 Å². The third-order valence-electron chi connectivity index (χ3n) is 10.5. The lowest BCUT2D eigenvalue weighted by atomic mass is 9.94. The number of rotatable bonds is 28. The van der Waals surface area contributed by atoms with Crippen LogP contribution in [0.3, 0.4) is 0 Å². The predicted octanol–water partition coefficient (Wildman–Crippen LogP) is 8.79. The molecule has 0 aliphatic carbocycles. The molecule has 67 heavy (non-hydrogen) atoms. The lowest BCUT2D eigenvalue weighted by Crippen LogP contribution is -2.46. The number of halogens is 1. The summed E-state index contributed by atoms with van der Waals surface area (Å²) in [6.07, 6.45) is 0.459. The molecule has 0 bridgehead atoms. The first-order valence-electron chi connectivity index (χ1n) is 23.4. The van der Waals surface area contributed by atoms with Gasteiger partial charge in [-0.05, 0) is 107 Å². The number of nitrogens with zero attached hydrogens (tertiary/aromatic N) is 1. The standard InChI is InChI=1S/C52H72FN3O11/c1-37(2)48-47(50(58)55-41-17-19-42(20-18-41)64-34-33-63-32-31-62-30-29-61-28-27-60-26-25-59-24-22-54)46(38-11-9-8-10-12-38)49(39-13-15-40(53)16-14-39)56(48)23-21-43-35-44(66-52(6,7)65-43)36-45(57)67-51(3,4)5/h8-20,37,43-44H,21-36,54H2,1-7H3,(H,55,58)/t43-,44-/m1/s1. The summed E-state index contributed by atoms with van der Waals surface area (Å²) < 4.78 is 68.3. The first-order chi connectivity index (χ1) is 32.1. The van der Waals surface area contributed by atoms with Crippen molar-refractivity contribution >= 4 is 17.6 Å². The van der Waals surface area contributed by atoms with Crippen LogP contribution in [0.1, 0.15) is 89.7 Å². The molecule has 1 aromatic heterocycles. The van der Waals surface area contributed by atoms with E-state index in [4.69, 9.17) is 48.4 Å². The van der Waals surface area contributed by atoms with E-state index in [2.05, 4.69) is 23.7 Å². The summed E-state index contributed by atoms with van der Waals surface area (Å²) >= 11 is 0. The van der Waals surface area contributed by atoms with Gasteiger partial charge in [0.1, 0.15) is 23.8 Å². The number of ether oxygens (including phenoxy) is 9. The minimum Gasteiger partial charge on any atom is -0.491 e. The van der Waals surface area contributed by atoms with Crippen LogP contribution in [0.25, 0.3) is 22.4 Å². The van der Waals surface area contributed by atoms with Gasteiger partial charge in [-0.1, -0.05) is 44.2 Å². The van der Waals surface area contributed by atoms with E-state index in [9.17, 15) is 14.0 Å². The molecule has 368 valence electrons. The predicted molar refractivity (Wildman–Crippen MR) is 256 cm³/mol. The van der Waals surface area contributed by atoms with Crippen molar-refractivity contribution in [2.75, 3.05) is 84.5 Å². The molecule has 2 atom stereocenters. The summed E-state index contributed by atoms with van der Waals surface area (Å²) in [4.78, 5) is 27.7. The molecule has 2 heterocycles. The van der Waals surface area contributed by atoms with Crippen molar-refractivity contribution in [1.29, 1.82) is 0 Å². The van der Waals surface area contributed by atoms with Gasteiger partial charge in [0.25, 0.3) is 5.91 Å². The molecular weight excluding hydrogens is 862 g/mol. The molecule has 15 heteroatoms. The van der Waals surface area contributed by atoms with Gasteiger partial charge in [0.05, 0.1) is 96.0 Å². The fourth-order valence-electron chi connectivity index (χ4n) is 7.97. The maximum absolute atomic E-state index is 14.8. The van der Waals surface area contributed by atoms with Crippen molar-refractivity contribution in [3.05, 3.63) is 95.9 Å². The van der Waals surface area contributed by atoms with Crippen LogP contribution in [0.5, 0.6) is 5.75 Å². The van der Waals surface area contributed by atoms with E-state index in [-0.39, 0.29) is 36.1 Å². The van der Waals surface area contributed by atoms with Crippen molar-refractivity contribution in [2.45, 2.75) is 104 Å². The fourth-order valence-corrected chi connectivity index (χ4v) is 7.97. The molecule has 1 saturated heterocycles. The minimum absolute atomic E-state index is 0.100. The van der Waals surface area contributed by atoms with E-state index < -0.39 is 17.5 Å². The Kier molecular flexibility index (Phi) is 21.2. The molecule has 0 radical (unpaired) electrons. The van der Waals surface area contributed by atoms with Crippen LogP contribution in [0.15, 0.2) is 78.9 Å². The van der Waals surface area contributed by atoms with Crippen LogP contribution in [0, 0.1) is 5.82 Å². The van der Waals surface area contributed by atoms with E-state index in [1.807, 2.05) is 77.1 Å². The zero-order valence-corrected chi connectivity index (χ0v) is 40.4. The highest BCUT2D eigenvalue weighted by atomic mass is 19.1. The Morgan fingerprint density at radius 3 is 1.87 bits per heavy atom. The highest BCUT2D eigenvalue weighted by Crippen LogP contribution is 2.43. The lowest BCUT2D eigenvalue weighted by molar-refractivity contribution is -0.301. The van der Waals surface area contributed by atoms with E-state index in [0.29, 0.717) is 116 Å². The molecular formula is C52H72FN3O11. The number of carbonyl (C=O) groups is 2. The lowest BCUT2D eigenvalue weighted by Gasteiger charge is -2.41. The Morgan fingerprint density at radius 2 is 1.31 bits per heavy atom. The maximum atomic E-state index is 14.8. The van der Waals surface area contributed by atoms with Gasteiger partial charge in [-0.2, -0.15) is 0 Å². The number of benzene rings is 3. The Morgan fingerprint density at radius 1 is 0.761 bits per heavy atom. The van der Waals surface area contributed by atoms with Crippen LogP contribution in [-0.2, 0) is 49.2 Å². The van der Waals surface area contributed by atoms with Crippen molar-refractivity contribution in [3.63, 3.8) is 0 Å². The highest BCUT2D eigenvalue weighted by Gasteiger charge is 2.38. The molecule has 5 rings (SSSR count). The second kappa shape index (κ2) is 26.7. The first kappa shape index (κ1) is 53.2. The third kappa shape index (κ3) is 17.7. The molecule has 4 aromatic rings. The molecule has 1 amide bonds. The Balaban J connectivity index is 1.24. The van der Waals surface area contributed by atoms with Crippen molar-refractivity contribution in [2.24, 2.45) is 5.73 Å². The largest absolute Gasteiger partial charge is 0.491 e. The molecule has 3 N–H and O–H groups in total. The van der Waals surface area contributed by atoms with Gasteiger partial charge in [0.15, 0.2) is 5.79 Å². The number of nitrogens with one attached hydrogen (secondary N) is 1. The van der Waals surface area contributed by atoms with Crippen LogP contribution < -0.4 is 15.8 Å². The minimum atomic E-state index is -0.938. The Labute approximate surface area is 395 Å². The normalized spacial score (nSPS) is 16.0. The van der Waals surface area contributed by atoms with E-state index >= 15 is 0 Å². The van der Waals surface area contributed by atoms with Gasteiger partial charge in [0, 0.05) is 36.5 Å². The summed E-state index contributed by atoms with van der Waals surface area (Å²) in [7, 11) is 0. The second-order valence-corrected chi connectivity index (χ2v) is 18.0. The van der Waals surface area contributed by atoms with E-state index in [0.717, 1.165) is 28.1 Å². The monoisotopic (exact) mass is 934 g/mol. The van der Waals surface area contributed by atoms with Gasteiger partial charge < -0.3 is 58.2 Å². The van der Waals surface area contributed by atoms with Crippen molar-refractivity contribution in [1.82, 2.24) is 4.57 Å². The zero-order valence-electron chi connectivity index (χ0n) is 40.4. The Bertz CT molecular complexity index is 2090. The zero-order chi connectivity index (χ0) is 48.2. The van der Waals surface area contributed by atoms with Crippen LogP contribution in [0.4, 0.5) is 10.1 Å². The van der Waals surface area contributed by atoms with Gasteiger partial charge in [-0.25, -0.2) is 4.39 Å². The molecule has 3 aromatic carbocycles. The second-order valence-electron chi connectivity index (χ2n) is 18.0. The maximum Gasteiger partial charge on any atom is 0.308 e. The van der Waals surface area contributed by atoms with Crippen molar-refractivity contribution < 1.29 is 56.6 Å². The van der Waals surface area contributed by atoms with Crippen molar-refractivity contribution in [3.8, 4) is 28.1 Å². The van der Waals surface area contributed by atoms with Gasteiger partial charge in [-0.15, -0.1) is 0 Å². The van der Waals surface area contributed by atoms with Crippen LogP contribution in [-0.4, -0.2) is 119 Å². The summed E-state index contributed by atoms with van der Waals surface area (Å²) in [5.41, 5.74) is 9.85. The SMILES string of the molecule is CC(C)c1c(C(=O)Nc2ccc(OCCOCCOCCOCCOCCOCCN)cc2)c(-c2ccccc2)c(-c2ccc(F)cc2)n1CC[C@@H]1C[C@H](CC(=O)OC(C)(C)C)OC(C)(C)O1. The summed E-state index contributed by atoms with van der Waals surface area (Å²) in [6, 6.07) is 23.4. The van der Waals surface area contributed by atoms with Gasteiger partial charge in [0.2, 0.25) is 0 Å². The quantitative estimate of drug-likeness (QED) is 0.0412. The average Bonchev–Trinajstić information content (AvgIpc) is 3.62. The third-order valence-corrected chi connectivity index (χ3v) is 10.5. The first-order valence-corrected chi connectivity index (χ1v) is 23.4. The summed E-state index contributed by atoms with van der Waals surface area (Å²) in [5.74, 6) is -1.38. The number of carbonyl (C=O) groups excluding carboxylic acids is 2. The molecule has 0 spiro atoms. The summed E-state index contributed by atoms with van der Waals surface area (Å²) in [6.45, 7) is 19.4. The van der Waals surface area contributed by atoms with Gasteiger partial charge in [-0.3, -0.25) is 9.59 Å². The highest BCUT2D eigenvalue weighted by molar-refractivity contribution is 6.12. The van der Waals surface area contributed by atoms with E-state index in [1.165, 1.54) is 12.1 Å². The average molecular weight is 934 g/mol. The fraction of sp³-hybridized carbons (Fsp3) is 0.538. The number of amides is 1. The molecule has 1 aliphatic heterocycles. The number of esters is 1. The number of hydrogen-bond acceptors (Lipinski definition) is 12. The topological polar surface area (TPSA) is 160 Å². The molecule has 1 aliphatic rings. The van der Waals surface area contributed by atoms with Crippen LogP contribution in [0.2, 0.25) is 0 Å². The smallest absolute Gasteiger partial charge is 0.308 e. The van der Waals surface area contributed by atoms with Crippen LogP contribution >= 0.6 is 0 Å². The summed E-state index contributed by atoms with van der Waals surface area (Å²) in [5, 5.41) is 3.16. The molecule has 14 nitrogen and oxygen atoms in total.